The Morgan fingerprint density at radius 2 is 1.32 bits per heavy atom. The summed E-state index contributed by atoms with van der Waals surface area (Å²) in [5.41, 5.74) is -0.419. The third-order valence-electron chi connectivity index (χ3n) is 4.24. The first-order chi connectivity index (χ1) is 11.8. The number of hydrogen-bond acceptors (Lipinski definition) is 5. The Labute approximate surface area is 151 Å². The SMILES string of the molecule is CCC(C)(C)C(=O)OCCCCCCC(=O)OCCCCCC(=O)O. The van der Waals surface area contributed by atoms with Crippen molar-refractivity contribution in [3.63, 3.8) is 0 Å². The van der Waals surface area contributed by atoms with E-state index in [0.717, 1.165) is 38.5 Å². The molecule has 1 N–H and O–H groups in total. The van der Waals surface area contributed by atoms with E-state index in [-0.39, 0.29) is 18.4 Å². The van der Waals surface area contributed by atoms with E-state index in [1.54, 1.807) is 0 Å². The number of aliphatic carboxylic acids is 1. The Morgan fingerprint density at radius 1 is 0.800 bits per heavy atom. The maximum absolute atomic E-state index is 11.8. The van der Waals surface area contributed by atoms with Gasteiger partial charge in [-0.3, -0.25) is 14.4 Å². The van der Waals surface area contributed by atoms with Crippen LogP contribution in [0.2, 0.25) is 0 Å². The average Bonchev–Trinajstić information content (AvgIpc) is 2.56. The molecule has 6 nitrogen and oxygen atoms in total. The van der Waals surface area contributed by atoms with Crippen LogP contribution in [0, 0.1) is 5.41 Å². The van der Waals surface area contributed by atoms with E-state index in [0.29, 0.717) is 32.5 Å². The van der Waals surface area contributed by atoms with Crippen LogP contribution in [0.15, 0.2) is 0 Å². The lowest BCUT2D eigenvalue weighted by Gasteiger charge is -2.20. The molecule has 0 atom stereocenters. The lowest BCUT2D eigenvalue weighted by molar-refractivity contribution is -0.154. The van der Waals surface area contributed by atoms with Crippen LogP contribution in [0.3, 0.4) is 0 Å². The first kappa shape index (κ1) is 23.4. The highest BCUT2D eigenvalue weighted by molar-refractivity contribution is 5.75. The van der Waals surface area contributed by atoms with Gasteiger partial charge in [-0.05, 0) is 52.4 Å². The summed E-state index contributed by atoms with van der Waals surface area (Å²) in [5, 5.41) is 8.50. The minimum atomic E-state index is -0.791. The standard InChI is InChI=1S/C19H34O6/c1-4-19(2,3)18(23)25-15-10-6-5-9-13-17(22)24-14-11-7-8-12-16(20)21/h4-15H2,1-3H3,(H,20,21). The van der Waals surface area contributed by atoms with Gasteiger partial charge in [0.1, 0.15) is 0 Å². The smallest absolute Gasteiger partial charge is 0.311 e. The number of unbranched alkanes of at least 4 members (excludes halogenated alkanes) is 5. The zero-order valence-corrected chi connectivity index (χ0v) is 16.0. The van der Waals surface area contributed by atoms with Crippen LogP contribution >= 0.6 is 0 Å². The first-order valence-electron chi connectivity index (χ1n) is 9.34. The van der Waals surface area contributed by atoms with Crippen molar-refractivity contribution in [3.8, 4) is 0 Å². The fourth-order valence-corrected chi connectivity index (χ4v) is 2.04. The van der Waals surface area contributed by atoms with Gasteiger partial charge in [0.2, 0.25) is 0 Å². The molecule has 0 aliphatic rings. The largest absolute Gasteiger partial charge is 0.481 e. The van der Waals surface area contributed by atoms with Gasteiger partial charge >= 0.3 is 17.9 Å². The molecular weight excluding hydrogens is 324 g/mol. The van der Waals surface area contributed by atoms with E-state index in [9.17, 15) is 14.4 Å². The summed E-state index contributed by atoms with van der Waals surface area (Å²) < 4.78 is 10.4. The Bertz CT molecular complexity index is 403. The molecule has 0 aromatic heterocycles. The maximum Gasteiger partial charge on any atom is 0.311 e. The second kappa shape index (κ2) is 13.7. The van der Waals surface area contributed by atoms with Gasteiger partial charge in [0, 0.05) is 12.8 Å². The third kappa shape index (κ3) is 13.4. The van der Waals surface area contributed by atoms with Crippen molar-refractivity contribution in [3.05, 3.63) is 0 Å². The van der Waals surface area contributed by atoms with Gasteiger partial charge < -0.3 is 14.6 Å². The summed E-state index contributed by atoms with van der Waals surface area (Å²) in [6.45, 7) is 6.53. The van der Waals surface area contributed by atoms with Gasteiger partial charge in [0.15, 0.2) is 0 Å². The Hall–Kier alpha value is -1.59. The molecule has 0 bridgehead atoms. The van der Waals surface area contributed by atoms with Crippen molar-refractivity contribution in [2.75, 3.05) is 13.2 Å². The highest BCUT2D eigenvalue weighted by Gasteiger charge is 2.26. The number of carbonyl (C=O) groups excluding carboxylic acids is 2. The van der Waals surface area contributed by atoms with Crippen LogP contribution in [-0.4, -0.2) is 36.2 Å². The Kier molecular flexibility index (Phi) is 12.8. The fraction of sp³-hybridized carbons (Fsp3) is 0.842. The molecule has 0 rings (SSSR count). The second-order valence-electron chi connectivity index (χ2n) is 6.96. The highest BCUT2D eigenvalue weighted by atomic mass is 16.5. The van der Waals surface area contributed by atoms with Crippen molar-refractivity contribution >= 4 is 17.9 Å². The molecular formula is C19H34O6. The lowest BCUT2D eigenvalue weighted by atomic mass is 9.91. The molecule has 25 heavy (non-hydrogen) atoms. The molecule has 0 aromatic rings. The van der Waals surface area contributed by atoms with E-state index in [2.05, 4.69) is 0 Å². The predicted molar refractivity (Wildman–Crippen MR) is 95.2 cm³/mol. The lowest BCUT2D eigenvalue weighted by Crippen LogP contribution is -2.26. The minimum absolute atomic E-state index is 0.151. The summed E-state index contributed by atoms with van der Waals surface area (Å²) in [5.74, 6) is -1.14. The normalized spacial score (nSPS) is 11.2. The van der Waals surface area contributed by atoms with E-state index < -0.39 is 11.4 Å². The molecule has 0 spiro atoms. The molecule has 0 radical (unpaired) electrons. The van der Waals surface area contributed by atoms with E-state index in [1.165, 1.54) is 0 Å². The zero-order chi connectivity index (χ0) is 19.1. The van der Waals surface area contributed by atoms with Crippen LogP contribution < -0.4 is 0 Å². The van der Waals surface area contributed by atoms with Gasteiger partial charge in [0.05, 0.1) is 18.6 Å². The van der Waals surface area contributed by atoms with Gasteiger partial charge in [-0.2, -0.15) is 0 Å². The number of esters is 2. The van der Waals surface area contributed by atoms with Gasteiger partial charge in [0.25, 0.3) is 0 Å². The number of ether oxygens (including phenoxy) is 2. The zero-order valence-electron chi connectivity index (χ0n) is 16.0. The quantitative estimate of drug-likeness (QED) is 0.350. The van der Waals surface area contributed by atoms with Gasteiger partial charge in [-0.1, -0.05) is 19.8 Å². The van der Waals surface area contributed by atoms with Crippen molar-refractivity contribution in [2.24, 2.45) is 5.41 Å². The van der Waals surface area contributed by atoms with Crippen molar-refractivity contribution < 1.29 is 29.0 Å². The molecule has 0 aliphatic heterocycles. The monoisotopic (exact) mass is 358 g/mol. The van der Waals surface area contributed by atoms with Crippen LogP contribution in [0.4, 0.5) is 0 Å². The number of carbonyl (C=O) groups is 3. The van der Waals surface area contributed by atoms with Crippen LogP contribution in [-0.2, 0) is 23.9 Å². The molecule has 0 amide bonds. The summed E-state index contributed by atoms with van der Waals surface area (Å²) in [6.07, 6.45) is 6.81. The number of carboxylic acid groups (broad SMARTS) is 1. The highest BCUT2D eigenvalue weighted by Crippen LogP contribution is 2.21. The van der Waals surface area contributed by atoms with Crippen LogP contribution in [0.1, 0.15) is 85.0 Å². The molecule has 146 valence electrons. The van der Waals surface area contributed by atoms with Crippen LogP contribution in [0.5, 0.6) is 0 Å². The second-order valence-corrected chi connectivity index (χ2v) is 6.96. The molecule has 0 saturated carbocycles. The summed E-state index contributed by atoms with van der Waals surface area (Å²) in [4.78, 5) is 33.6. The predicted octanol–water partition coefficient (Wildman–Crippen LogP) is 4.10. The molecule has 0 aliphatic carbocycles. The average molecular weight is 358 g/mol. The fourth-order valence-electron chi connectivity index (χ4n) is 2.04. The Balaban J connectivity index is 3.43. The third-order valence-corrected chi connectivity index (χ3v) is 4.24. The summed E-state index contributed by atoms with van der Waals surface area (Å²) >= 11 is 0. The summed E-state index contributed by atoms with van der Waals surface area (Å²) in [6, 6.07) is 0. The maximum atomic E-state index is 11.8. The molecule has 0 unspecified atom stereocenters. The molecule has 0 fully saturated rings. The molecule has 0 aromatic carbocycles. The number of carboxylic acids is 1. The van der Waals surface area contributed by atoms with Crippen molar-refractivity contribution in [1.29, 1.82) is 0 Å². The molecule has 0 heterocycles. The Morgan fingerprint density at radius 3 is 1.92 bits per heavy atom. The topological polar surface area (TPSA) is 89.9 Å². The van der Waals surface area contributed by atoms with Gasteiger partial charge in [-0.15, -0.1) is 0 Å². The van der Waals surface area contributed by atoms with E-state index >= 15 is 0 Å². The van der Waals surface area contributed by atoms with Crippen LogP contribution in [0.25, 0.3) is 0 Å². The number of hydrogen-bond donors (Lipinski definition) is 1. The molecule has 6 heteroatoms. The van der Waals surface area contributed by atoms with Crippen molar-refractivity contribution in [1.82, 2.24) is 0 Å². The summed E-state index contributed by atoms with van der Waals surface area (Å²) in [7, 11) is 0. The van der Waals surface area contributed by atoms with E-state index in [1.807, 2.05) is 20.8 Å². The van der Waals surface area contributed by atoms with E-state index in [4.69, 9.17) is 14.6 Å². The first-order valence-corrected chi connectivity index (χ1v) is 9.34. The van der Waals surface area contributed by atoms with Gasteiger partial charge in [-0.25, -0.2) is 0 Å². The van der Waals surface area contributed by atoms with Crippen molar-refractivity contribution in [2.45, 2.75) is 85.0 Å². The minimum Gasteiger partial charge on any atom is -0.481 e. The molecule has 0 saturated heterocycles. The number of rotatable bonds is 15.